The zero-order valence-corrected chi connectivity index (χ0v) is 13.3. The Morgan fingerprint density at radius 1 is 1.43 bits per heavy atom. The second kappa shape index (κ2) is 7.05. The van der Waals surface area contributed by atoms with Crippen molar-refractivity contribution in [1.29, 1.82) is 0 Å². The first kappa shape index (κ1) is 16.7. The zero-order chi connectivity index (χ0) is 17.0. The van der Waals surface area contributed by atoms with E-state index in [1.54, 1.807) is 6.07 Å². The van der Waals surface area contributed by atoms with Gasteiger partial charge in [0.15, 0.2) is 0 Å². The summed E-state index contributed by atoms with van der Waals surface area (Å²) in [5.74, 6) is -1.90. The predicted molar refractivity (Wildman–Crippen MR) is 82.8 cm³/mol. The van der Waals surface area contributed by atoms with Crippen molar-refractivity contribution < 1.29 is 24.2 Å². The van der Waals surface area contributed by atoms with Crippen LogP contribution in [0.15, 0.2) is 18.5 Å². The molecule has 0 spiro atoms. The van der Waals surface area contributed by atoms with Crippen LogP contribution in [0, 0.1) is 6.92 Å². The van der Waals surface area contributed by atoms with E-state index in [1.165, 1.54) is 35.5 Å². The highest BCUT2D eigenvalue weighted by Crippen LogP contribution is 2.28. The smallest absolute Gasteiger partial charge is 0.340 e. The van der Waals surface area contributed by atoms with Crippen molar-refractivity contribution in [3.05, 3.63) is 34.5 Å². The van der Waals surface area contributed by atoms with Gasteiger partial charge in [0, 0.05) is 11.1 Å². The molecule has 122 valence electrons. The summed E-state index contributed by atoms with van der Waals surface area (Å²) in [5, 5.41) is 15.6. The van der Waals surface area contributed by atoms with E-state index in [-0.39, 0.29) is 18.5 Å². The van der Waals surface area contributed by atoms with Crippen LogP contribution in [0.4, 0.5) is 5.00 Å². The molecule has 23 heavy (non-hydrogen) atoms. The molecule has 9 heteroatoms. The molecule has 0 aromatic carbocycles. The summed E-state index contributed by atoms with van der Waals surface area (Å²) in [4.78, 5) is 35.3. The summed E-state index contributed by atoms with van der Waals surface area (Å²) in [6, 6.07) is 1.64. The number of nitrogens with zero attached hydrogens (tertiary/aromatic N) is 2. The zero-order valence-electron chi connectivity index (χ0n) is 12.5. The largest absolute Gasteiger partial charge is 0.481 e. The van der Waals surface area contributed by atoms with Crippen LogP contribution in [0.1, 0.15) is 32.0 Å². The van der Waals surface area contributed by atoms with Crippen molar-refractivity contribution in [1.82, 2.24) is 9.78 Å². The Kier molecular flexibility index (Phi) is 5.12. The van der Waals surface area contributed by atoms with E-state index in [2.05, 4.69) is 15.2 Å². The maximum absolute atomic E-state index is 12.2. The molecule has 2 rings (SSSR count). The Labute approximate surface area is 135 Å². The van der Waals surface area contributed by atoms with Gasteiger partial charge in [0.2, 0.25) is 0 Å². The Morgan fingerprint density at radius 2 is 2.17 bits per heavy atom. The van der Waals surface area contributed by atoms with E-state index >= 15 is 0 Å². The number of ether oxygens (including phenoxy) is 1. The Hall–Kier alpha value is -2.68. The van der Waals surface area contributed by atoms with Gasteiger partial charge in [-0.15, -0.1) is 11.3 Å². The quantitative estimate of drug-likeness (QED) is 0.777. The minimum Gasteiger partial charge on any atom is -0.481 e. The fourth-order valence-corrected chi connectivity index (χ4v) is 2.75. The second-order valence-electron chi connectivity index (χ2n) is 4.68. The lowest BCUT2D eigenvalue weighted by atomic mass is 10.3. The molecule has 2 aromatic heterocycles. The molecule has 0 aliphatic carbocycles. The number of carbonyl (C=O) groups excluding carboxylic acids is 2. The fraction of sp³-hybridized carbons (Fsp3) is 0.286. The topological polar surface area (TPSA) is 111 Å². The molecule has 0 aliphatic heterocycles. The molecular formula is C14H15N3O5S. The van der Waals surface area contributed by atoms with Crippen LogP contribution in [0.5, 0.6) is 0 Å². The number of esters is 1. The lowest BCUT2D eigenvalue weighted by Gasteiger charge is -2.03. The number of hydrogen-bond acceptors (Lipinski definition) is 6. The van der Waals surface area contributed by atoms with Gasteiger partial charge in [-0.2, -0.15) is 5.10 Å². The summed E-state index contributed by atoms with van der Waals surface area (Å²) in [6.07, 6.45) is 2.71. The van der Waals surface area contributed by atoms with Gasteiger partial charge in [0.05, 0.1) is 37.4 Å². The summed E-state index contributed by atoms with van der Waals surface area (Å²) in [5.41, 5.74) is 0.568. The van der Waals surface area contributed by atoms with Gasteiger partial charge < -0.3 is 15.2 Å². The molecule has 2 N–H and O–H groups in total. The van der Waals surface area contributed by atoms with Gasteiger partial charge >= 0.3 is 11.9 Å². The number of carboxylic acids is 1. The number of rotatable bonds is 6. The summed E-state index contributed by atoms with van der Waals surface area (Å²) < 4.78 is 6.06. The number of nitrogens with one attached hydrogen (secondary N) is 1. The van der Waals surface area contributed by atoms with Gasteiger partial charge in [-0.1, -0.05) is 0 Å². The normalized spacial score (nSPS) is 10.3. The fourth-order valence-electron chi connectivity index (χ4n) is 1.86. The SMILES string of the molecule is COC(=O)c1cc(C)sc1NC(=O)c1cnn(CCC(=O)O)c1. The third kappa shape index (κ3) is 4.16. The van der Waals surface area contributed by atoms with Crippen LogP contribution >= 0.6 is 11.3 Å². The molecule has 2 aromatic rings. The highest BCUT2D eigenvalue weighted by Gasteiger charge is 2.18. The van der Waals surface area contributed by atoms with Gasteiger partial charge in [-0.3, -0.25) is 14.3 Å². The number of aryl methyl sites for hydroxylation is 2. The molecular weight excluding hydrogens is 322 g/mol. The summed E-state index contributed by atoms with van der Waals surface area (Å²) in [6.45, 7) is 1.99. The van der Waals surface area contributed by atoms with E-state index in [1.807, 2.05) is 6.92 Å². The van der Waals surface area contributed by atoms with Crippen LogP contribution in [-0.4, -0.2) is 39.8 Å². The van der Waals surface area contributed by atoms with Crippen molar-refractivity contribution in [2.24, 2.45) is 0 Å². The maximum Gasteiger partial charge on any atom is 0.340 e. The van der Waals surface area contributed by atoms with E-state index in [0.29, 0.717) is 10.6 Å². The minimum absolute atomic E-state index is 0.0840. The van der Waals surface area contributed by atoms with Crippen molar-refractivity contribution in [3.63, 3.8) is 0 Å². The number of amides is 1. The average molecular weight is 337 g/mol. The highest BCUT2D eigenvalue weighted by molar-refractivity contribution is 7.16. The number of thiophene rings is 1. The van der Waals surface area contributed by atoms with E-state index < -0.39 is 17.8 Å². The van der Waals surface area contributed by atoms with Crippen LogP contribution in [0.25, 0.3) is 0 Å². The number of aliphatic carboxylic acids is 1. The van der Waals surface area contributed by atoms with Gasteiger partial charge in [-0.25, -0.2) is 4.79 Å². The molecule has 0 saturated carbocycles. The third-order valence-corrected chi connectivity index (χ3v) is 3.90. The summed E-state index contributed by atoms with van der Waals surface area (Å²) in [7, 11) is 1.27. The molecule has 0 atom stereocenters. The van der Waals surface area contributed by atoms with Crippen LogP contribution in [0.2, 0.25) is 0 Å². The molecule has 0 bridgehead atoms. The van der Waals surface area contributed by atoms with E-state index in [0.717, 1.165) is 4.88 Å². The molecule has 1 amide bonds. The molecule has 0 radical (unpaired) electrons. The molecule has 8 nitrogen and oxygen atoms in total. The maximum atomic E-state index is 12.2. The van der Waals surface area contributed by atoms with Crippen LogP contribution < -0.4 is 5.32 Å². The third-order valence-electron chi connectivity index (χ3n) is 2.94. The molecule has 0 aliphatic rings. The Bertz CT molecular complexity index is 749. The first-order valence-electron chi connectivity index (χ1n) is 6.65. The molecule has 2 heterocycles. The predicted octanol–water partition coefficient (Wildman–Crippen LogP) is 1.77. The first-order valence-corrected chi connectivity index (χ1v) is 7.46. The molecule has 0 saturated heterocycles. The molecule has 0 unspecified atom stereocenters. The average Bonchev–Trinajstić information content (AvgIpc) is 3.11. The Balaban J connectivity index is 2.10. The monoisotopic (exact) mass is 337 g/mol. The van der Waals surface area contributed by atoms with Crippen molar-refractivity contribution in [3.8, 4) is 0 Å². The van der Waals surface area contributed by atoms with Gasteiger partial charge in [0.1, 0.15) is 5.00 Å². The van der Waals surface area contributed by atoms with Crippen molar-refractivity contribution in [2.75, 3.05) is 12.4 Å². The van der Waals surface area contributed by atoms with Gasteiger partial charge in [-0.05, 0) is 13.0 Å². The Morgan fingerprint density at radius 3 is 2.83 bits per heavy atom. The van der Waals surface area contributed by atoms with E-state index in [4.69, 9.17) is 5.11 Å². The second-order valence-corrected chi connectivity index (χ2v) is 5.94. The number of methoxy groups -OCH3 is 1. The van der Waals surface area contributed by atoms with Crippen LogP contribution in [-0.2, 0) is 16.1 Å². The van der Waals surface area contributed by atoms with Gasteiger partial charge in [0.25, 0.3) is 5.91 Å². The lowest BCUT2D eigenvalue weighted by Crippen LogP contribution is -2.13. The number of anilines is 1. The molecule has 0 fully saturated rings. The number of carbonyl (C=O) groups is 3. The lowest BCUT2D eigenvalue weighted by molar-refractivity contribution is -0.137. The van der Waals surface area contributed by atoms with E-state index in [9.17, 15) is 14.4 Å². The van der Waals surface area contributed by atoms with Crippen molar-refractivity contribution >= 4 is 34.2 Å². The highest BCUT2D eigenvalue weighted by atomic mass is 32.1. The summed E-state index contributed by atoms with van der Waals surface area (Å²) >= 11 is 1.26. The minimum atomic E-state index is -0.941. The van der Waals surface area contributed by atoms with Crippen LogP contribution in [0.3, 0.4) is 0 Å². The number of aromatic nitrogens is 2. The first-order chi connectivity index (χ1) is 10.9. The van der Waals surface area contributed by atoms with Crippen molar-refractivity contribution in [2.45, 2.75) is 19.9 Å². The standard InChI is InChI=1S/C14H15N3O5S/c1-8-5-10(14(21)22-2)13(23-8)16-12(20)9-6-15-17(7-9)4-3-11(18)19/h5-7H,3-4H2,1-2H3,(H,16,20)(H,18,19). The number of carboxylic acid groups (broad SMARTS) is 1. The number of hydrogen-bond donors (Lipinski definition) is 2.